The first-order valence-corrected chi connectivity index (χ1v) is 11.7. The number of benzene rings is 1. The lowest BCUT2D eigenvalue weighted by Gasteiger charge is -2.32. The van der Waals surface area contributed by atoms with Gasteiger partial charge in [-0.1, -0.05) is 31.5 Å². The molecular formula is C25H40N4O5. The van der Waals surface area contributed by atoms with Crippen LogP contribution in [0.15, 0.2) is 18.2 Å². The van der Waals surface area contributed by atoms with Crippen LogP contribution in [0.4, 0.5) is 4.79 Å². The smallest absolute Gasteiger partial charge is 0.408 e. The SMILES string of the molecule is CCCCNC(=O)C(c1ccc(C)c(C)c1)N(C)C(=O)C(CCC(N)=O)NC(=O)OC(C)(C)C. The van der Waals surface area contributed by atoms with Gasteiger partial charge in [0.05, 0.1) is 0 Å². The lowest BCUT2D eigenvalue weighted by molar-refractivity contribution is -0.141. The molecule has 1 rings (SSSR count). The highest BCUT2D eigenvalue weighted by molar-refractivity contribution is 5.92. The highest BCUT2D eigenvalue weighted by atomic mass is 16.6. The first-order chi connectivity index (χ1) is 15.8. The molecule has 2 unspecified atom stereocenters. The predicted molar refractivity (Wildman–Crippen MR) is 131 cm³/mol. The molecule has 0 aliphatic heterocycles. The summed E-state index contributed by atoms with van der Waals surface area (Å²) in [6.07, 6.45) is 0.799. The molecule has 0 aliphatic carbocycles. The third-order valence-electron chi connectivity index (χ3n) is 5.33. The van der Waals surface area contributed by atoms with E-state index in [0.29, 0.717) is 12.1 Å². The Morgan fingerprint density at radius 3 is 2.29 bits per heavy atom. The van der Waals surface area contributed by atoms with Gasteiger partial charge >= 0.3 is 6.09 Å². The third-order valence-corrected chi connectivity index (χ3v) is 5.33. The number of carbonyl (C=O) groups excluding carboxylic acids is 4. The second kappa shape index (κ2) is 13.0. The molecule has 9 heteroatoms. The average Bonchev–Trinajstić information content (AvgIpc) is 2.72. The fourth-order valence-electron chi connectivity index (χ4n) is 3.34. The zero-order valence-corrected chi connectivity index (χ0v) is 21.5. The summed E-state index contributed by atoms with van der Waals surface area (Å²) in [5.41, 5.74) is 7.21. The molecule has 4 amide bonds. The van der Waals surface area contributed by atoms with E-state index < -0.39 is 35.6 Å². The number of hydrogen-bond donors (Lipinski definition) is 3. The van der Waals surface area contributed by atoms with Crippen LogP contribution in [0.3, 0.4) is 0 Å². The molecule has 4 N–H and O–H groups in total. The monoisotopic (exact) mass is 476 g/mol. The number of hydrogen-bond acceptors (Lipinski definition) is 5. The van der Waals surface area contributed by atoms with Gasteiger partial charge in [0.1, 0.15) is 17.7 Å². The zero-order chi connectivity index (χ0) is 26.1. The van der Waals surface area contributed by atoms with Crippen molar-refractivity contribution in [3.8, 4) is 0 Å². The van der Waals surface area contributed by atoms with Gasteiger partial charge in [0.15, 0.2) is 0 Å². The summed E-state index contributed by atoms with van der Waals surface area (Å²) in [5, 5.41) is 5.43. The molecule has 1 aromatic rings. The van der Waals surface area contributed by atoms with Crippen molar-refractivity contribution < 1.29 is 23.9 Å². The van der Waals surface area contributed by atoms with Crippen LogP contribution >= 0.6 is 0 Å². The Balaban J connectivity index is 3.26. The zero-order valence-electron chi connectivity index (χ0n) is 21.5. The molecule has 0 aliphatic rings. The Labute approximate surface area is 202 Å². The molecule has 1 aromatic carbocycles. The van der Waals surface area contributed by atoms with E-state index in [1.54, 1.807) is 20.8 Å². The van der Waals surface area contributed by atoms with Crippen LogP contribution in [0, 0.1) is 13.8 Å². The molecule has 0 saturated carbocycles. The van der Waals surface area contributed by atoms with Crippen molar-refractivity contribution in [1.82, 2.24) is 15.5 Å². The number of aryl methyl sites for hydroxylation is 2. The van der Waals surface area contributed by atoms with Crippen LogP contribution in [0.2, 0.25) is 0 Å². The van der Waals surface area contributed by atoms with E-state index in [1.165, 1.54) is 11.9 Å². The predicted octanol–water partition coefficient (Wildman–Crippen LogP) is 2.88. The van der Waals surface area contributed by atoms with E-state index in [0.717, 1.165) is 24.0 Å². The van der Waals surface area contributed by atoms with Crippen LogP contribution in [0.25, 0.3) is 0 Å². The Hall–Kier alpha value is -3.10. The Morgan fingerprint density at radius 2 is 1.76 bits per heavy atom. The van der Waals surface area contributed by atoms with Crippen molar-refractivity contribution in [3.05, 3.63) is 34.9 Å². The van der Waals surface area contributed by atoms with Crippen LogP contribution in [-0.2, 0) is 19.1 Å². The number of nitrogens with zero attached hydrogens (tertiary/aromatic N) is 1. The number of unbranched alkanes of at least 4 members (excludes halogenated alkanes) is 1. The van der Waals surface area contributed by atoms with E-state index in [2.05, 4.69) is 10.6 Å². The highest BCUT2D eigenvalue weighted by Gasteiger charge is 2.34. The summed E-state index contributed by atoms with van der Waals surface area (Å²) in [6, 6.07) is 3.59. The summed E-state index contributed by atoms with van der Waals surface area (Å²) in [6.45, 7) is 11.5. The van der Waals surface area contributed by atoms with Gasteiger partial charge < -0.3 is 26.0 Å². The van der Waals surface area contributed by atoms with Gasteiger partial charge in [0.2, 0.25) is 17.7 Å². The maximum atomic E-state index is 13.5. The highest BCUT2D eigenvalue weighted by Crippen LogP contribution is 2.24. The molecule has 0 bridgehead atoms. The van der Waals surface area contributed by atoms with E-state index in [9.17, 15) is 19.2 Å². The first-order valence-electron chi connectivity index (χ1n) is 11.7. The lowest BCUT2D eigenvalue weighted by Crippen LogP contribution is -2.52. The average molecular weight is 477 g/mol. The van der Waals surface area contributed by atoms with E-state index in [1.807, 2.05) is 39.0 Å². The second-order valence-electron chi connectivity index (χ2n) is 9.54. The van der Waals surface area contributed by atoms with Crippen molar-refractivity contribution in [2.45, 2.75) is 84.9 Å². The van der Waals surface area contributed by atoms with Gasteiger partial charge in [0, 0.05) is 20.0 Å². The van der Waals surface area contributed by atoms with Gasteiger partial charge in [-0.3, -0.25) is 14.4 Å². The molecular weight excluding hydrogens is 436 g/mol. The number of nitrogens with one attached hydrogen (secondary N) is 2. The molecule has 9 nitrogen and oxygen atoms in total. The van der Waals surface area contributed by atoms with Crippen LogP contribution in [-0.4, -0.2) is 54.0 Å². The quantitative estimate of drug-likeness (QED) is 0.423. The number of nitrogens with two attached hydrogens (primary N) is 1. The largest absolute Gasteiger partial charge is 0.444 e. The van der Waals surface area contributed by atoms with Crippen LogP contribution in [0.5, 0.6) is 0 Å². The molecule has 0 saturated heterocycles. The summed E-state index contributed by atoms with van der Waals surface area (Å²) in [5.74, 6) is -1.45. The molecule has 34 heavy (non-hydrogen) atoms. The fourth-order valence-corrected chi connectivity index (χ4v) is 3.34. The number of likely N-dealkylation sites (N-methyl/N-ethyl adjacent to an activating group) is 1. The maximum absolute atomic E-state index is 13.5. The molecule has 0 radical (unpaired) electrons. The number of primary amides is 1. The number of alkyl carbamates (subject to hydrolysis) is 1. The number of carbonyl (C=O) groups is 4. The van der Waals surface area contributed by atoms with E-state index >= 15 is 0 Å². The maximum Gasteiger partial charge on any atom is 0.408 e. The van der Waals surface area contributed by atoms with E-state index in [4.69, 9.17) is 10.5 Å². The summed E-state index contributed by atoms with van der Waals surface area (Å²) < 4.78 is 5.28. The standard InChI is InChI=1S/C25H40N4O5/c1-8-9-14-27-22(31)21(18-11-10-16(2)17(3)15-18)29(7)23(32)19(12-13-20(26)30)28-24(33)34-25(4,5)6/h10-11,15,19,21H,8-9,12-14H2,1-7H3,(H2,26,30)(H,27,31)(H,28,33). The van der Waals surface area contributed by atoms with Crippen LogP contribution < -0.4 is 16.4 Å². The molecule has 2 atom stereocenters. The lowest BCUT2D eigenvalue weighted by atomic mass is 9.98. The molecule has 0 fully saturated rings. The topological polar surface area (TPSA) is 131 Å². The Bertz CT molecular complexity index is 879. The molecule has 0 aromatic heterocycles. The minimum absolute atomic E-state index is 0.0190. The van der Waals surface area contributed by atoms with Crippen molar-refractivity contribution in [2.75, 3.05) is 13.6 Å². The van der Waals surface area contributed by atoms with Gasteiger partial charge in [-0.25, -0.2) is 4.79 Å². The Kier molecular flexibility index (Phi) is 11.0. The normalized spacial score (nSPS) is 12.9. The first kappa shape index (κ1) is 28.9. The van der Waals surface area contributed by atoms with Crippen molar-refractivity contribution in [1.29, 1.82) is 0 Å². The summed E-state index contributed by atoms with van der Waals surface area (Å²) in [7, 11) is 1.51. The third kappa shape index (κ3) is 9.41. The van der Waals surface area contributed by atoms with Gasteiger partial charge in [-0.2, -0.15) is 0 Å². The molecule has 0 heterocycles. The van der Waals surface area contributed by atoms with Crippen molar-refractivity contribution in [3.63, 3.8) is 0 Å². The van der Waals surface area contributed by atoms with Gasteiger partial charge in [-0.15, -0.1) is 0 Å². The number of rotatable bonds is 11. The molecule has 190 valence electrons. The van der Waals surface area contributed by atoms with Crippen molar-refractivity contribution >= 4 is 23.8 Å². The number of ether oxygens (including phenoxy) is 1. The Morgan fingerprint density at radius 1 is 1.12 bits per heavy atom. The van der Waals surface area contributed by atoms with Gasteiger partial charge in [0.25, 0.3) is 0 Å². The van der Waals surface area contributed by atoms with Crippen molar-refractivity contribution in [2.24, 2.45) is 5.73 Å². The fraction of sp³-hybridized carbons (Fsp3) is 0.600. The number of amides is 4. The molecule has 0 spiro atoms. The second-order valence-corrected chi connectivity index (χ2v) is 9.54. The summed E-state index contributed by atoms with van der Waals surface area (Å²) in [4.78, 5) is 51.7. The minimum atomic E-state index is -1.09. The van der Waals surface area contributed by atoms with Gasteiger partial charge in [-0.05, 0) is 64.2 Å². The van der Waals surface area contributed by atoms with Crippen LogP contribution in [0.1, 0.15) is 76.1 Å². The van der Waals surface area contributed by atoms with E-state index in [-0.39, 0.29) is 18.7 Å². The summed E-state index contributed by atoms with van der Waals surface area (Å²) >= 11 is 0. The minimum Gasteiger partial charge on any atom is -0.444 e.